The van der Waals surface area contributed by atoms with Gasteiger partial charge in [-0.3, -0.25) is 4.79 Å². The van der Waals surface area contributed by atoms with Crippen LogP contribution in [0.3, 0.4) is 0 Å². The second kappa shape index (κ2) is 9.31. The van der Waals surface area contributed by atoms with Crippen molar-refractivity contribution in [2.75, 3.05) is 7.11 Å². The number of halogens is 1. The fraction of sp³-hybridized carbons (Fsp3) is 0.391. The van der Waals surface area contributed by atoms with Crippen molar-refractivity contribution in [3.8, 4) is 11.6 Å². The zero-order valence-corrected chi connectivity index (χ0v) is 18.1. The molecule has 0 saturated heterocycles. The largest absolute Gasteiger partial charge is 0.491 e. The number of methoxy groups -OCH3 is 1. The molecule has 1 N–H and O–H groups in total. The highest BCUT2D eigenvalue weighted by Crippen LogP contribution is 2.30. The van der Waals surface area contributed by atoms with Gasteiger partial charge in [0, 0.05) is 34.0 Å². The lowest BCUT2D eigenvalue weighted by atomic mass is 9.99. The van der Waals surface area contributed by atoms with E-state index in [4.69, 9.17) is 21.1 Å². The maximum Gasteiger partial charge on any atom is 0.252 e. The molecular formula is C23H27ClN2O3. The zero-order valence-electron chi connectivity index (χ0n) is 17.3. The fourth-order valence-corrected chi connectivity index (χ4v) is 3.73. The lowest BCUT2D eigenvalue weighted by Gasteiger charge is -2.19. The van der Waals surface area contributed by atoms with Gasteiger partial charge in [-0.25, -0.2) is 4.98 Å². The summed E-state index contributed by atoms with van der Waals surface area (Å²) < 4.78 is 11.4. The Balaban J connectivity index is 2.04. The summed E-state index contributed by atoms with van der Waals surface area (Å²) in [5, 5.41) is 3.49. The number of allylic oxidation sites excluding steroid dienone is 2. The number of nitrogens with one attached hydrogen (secondary N) is 1. The van der Waals surface area contributed by atoms with E-state index >= 15 is 0 Å². The normalized spacial score (nSPS) is 14.3. The molecule has 1 aliphatic rings. The Kier molecular flexibility index (Phi) is 6.80. The van der Waals surface area contributed by atoms with Crippen molar-refractivity contribution in [1.29, 1.82) is 0 Å². The van der Waals surface area contributed by atoms with Crippen LogP contribution in [-0.4, -0.2) is 24.1 Å². The Morgan fingerprint density at radius 1 is 1.17 bits per heavy atom. The van der Waals surface area contributed by atoms with Gasteiger partial charge in [0.15, 0.2) is 0 Å². The SMILES string of the molecule is COc1nc(C)cc2c1CNC(=O)c1cc(Cl)cc(OC(C)C)c1CC=CCC2. The van der Waals surface area contributed by atoms with Gasteiger partial charge in [-0.15, -0.1) is 0 Å². The third-order valence-electron chi connectivity index (χ3n) is 4.78. The minimum Gasteiger partial charge on any atom is -0.491 e. The van der Waals surface area contributed by atoms with Crippen LogP contribution in [0.25, 0.3) is 0 Å². The third kappa shape index (κ3) is 5.10. The molecule has 29 heavy (non-hydrogen) atoms. The number of benzene rings is 1. The molecule has 1 amide bonds. The number of fused-ring (bicyclic) bond motifs is 2. The van der Waals surface area contributed by atoms with Gasteiger partial charge >= 0.3 is 0 Å². The number of carbonyl (C=O) groups excluding carboxylic acids is 1. The minimum absolute atomic E-state index is 0.0172. The fourth-order valence-electron chi connectivity index (χ4n) is 3.52. The molecule has 5 nitrogen and oxygen atoms in total. The molecule has 1 aromatic heterocycles. The molecular weight excluding hydrogens is 388 g/mol. The van der Waals surface area contributed by atoms with Crippen LogP contribution in [0.2, 0.25) is 5.02 Å². The summed E-state index contributed by atoms with van der Waals surface area (Å²) in [6.45, 7) is 6.19. The van der Waals surface area contributed by atoms with E-state index in [2.05, 4.69) is 28.5 Å². The highest BCUT2D eigenvalue weighted by atomic mass is 35.5. The van der Waals surface area contributed by atoms with Gasteiger partial charge in [-0.05, 0) is 63.8 Å². The number of amides is 1. The van der Waals surface area contributed by atoms with E-state index in [1.165, 1.54) is 0 Å². The van der Waals surface area contributed by atoms with Crippen LogP contribution in [0.5, 0.6) is 11.6 Å². The lowest BCUT2D eigenvalue weighted by molar-refractivity contribution is 0.0948. The molecule has 6 heteroatoms. The van der Waals surface area contributed by atoms with E-state index in [0.717, 1.165) is 35.2 Å². The molecule has 0 unspecified atom stereocenters. The van der Waals surface area contributed by atoms with Crippen LogP contribution in [-0.2, 0) is 19.4 Å². The summed E-state index contributed by atoms with van der Waals surface area (Å²) in [5.74, 6) is 1.00. The van der Waals surface area contributed by atoms with E-state index in [-0.39, 0.29) is 12.0 Å². The first-order valence-electron chi connectivity index (χ1n) is 9.84. The van der Waals surface area contributed by atoms with E-state index in [0.29, 0.717) is 35.2 Å². The van der Waals surface area contributed by atoms with Gasteiger partial charge in [0.2, 0.25) is 5.88 Å². The molecule has 0 aliphatic carbocycles. The predicted molar refractivity (Wildman–Crippen MR) is 115 cm³/mol. The molecule has 1 aliphatic heterocycles. The maximum atomic E-state index is 13.1. The maximum absolute atomic E-state index is 13.1. The molecule has 154 valence electrons. The smallest absolute Gasteiger partial charge is 0.252 e. The molecule has 2 heterocycles. The van der Waals surface area contributed by atoms with Crippen molar-refractivity contribution in [2.45, 2.75) is 52.7 Å². The van der Waals surface area contributed by atoms with Crippen LogP contribution in [0.15, 0.2) is 30.4 Å². The summed E-state index contributed by atoms with van der Waals surface area (Å²) in [4.78, 5) is 17.5. The van der Waals surface area contributed by atoms with Gasteiger partial charge < -0.3 is 14.8 Å². The Hall–Kier alpha value is -2.53. The highest BCUT2D eigenvalue weighted by molar-refractivity contribution is 6.31. The number of hydrogen-bond acceptors (Lipinski definition) is 4. The summed E-state index contributed by atoms with van der Waals surface area (Å²) in [6.07, 6.45) is 6.55. The van der Waals surface area contributed by atoms with Gasteiger partial charge in [0.25, 0.3) is 5.91 Å². The lowest BCUT2D eigenvalue weighted by Crippen LogP contribution is -2.26. The summed E-state index contributed by atoms with van der Waals surface area (Å²) >= 11 is 6.29. The topological polar surface area (TPSA) is 60.5 Å². The van der Waals surface area contributed by atoms with Crippen molar-refractivity contribution in [3.63, 3.8) is 0 Å². The van der Waals surface area contributed by atoms with Crippen molar-refractivity contribution in [3.05, 3.63) is 63.3 Å². The van der Waals surface area contributed by atoms with Gasteiger partial charge in [0.1, 0.15) is 5.75 Å². The van der Waals surface area contributed by atoms with Gasteiger partial charge in [-0.1, -0.05) is 23.8 Å². The monoisotopic (exact) mass is 414 g/mol. The average Bonchev–Trinajstić information content (AvgIpc) is 2.65. The number of aromatic nitrogens is 1. The molecule has 0 fully saturated rings. The van der Waals surface area contributed by atoms with E-state index in [9.17, 15) is 4.79 Å². The third-order valence-corrected chi connectivity index (χ3v) is 4.99. The Bertz CT molecular complexity index is 938. The van der Waals surface area contributed by atoms with Crippen LogP contribution >= 0.6 is 11.6 Å². The highest BCUT2D eigenvalue weighted by Gasteiger charge is 2.20. The van der Waals surface area contributed by atoms with E-state index in [1.54, 1.807) is 19.2 Å². The number of rotatable bonds is 3. The van der Waals surface area contributed by atoms with Crippen LogP contribution in [0.4, 0.5) is 0 Å². The van der Waals surface area contributed by atoms with Crippen LogP contribution < -0.4 is 14.8 Å². The molecule has 2 aromatic rings. The zero-order chi connectivity index (χ0) is 21.0. The first-order valence-corrected chi connectivity index (χ1v) is 10.2. The molecule has 3 rings (SSSR count). The Labute approximate surface area is 177 Å². The van der Waals surface area contributed by atoms with Crippen LogP contribution in [0.1, 0.15) is 53.0 Å². The number of aryl methyl sites for hydroxylation is 2. The standard InChI is InChI=1S/C23H27ClN2O3/c1-14(2)29-21-12-17(24)11-19-18(21)9-7-5-6-8-16-10-15(3)26-23(28-4)20(16)13-25-22(19)27/h5,7,10-12,14H,6,8-9,13H2,1-4H3,(H,25,27). The first-order chi connectivity index (χ1) is 13.9. The van der Waals surface area contributed by atoms with Gasteiger partial charge in [-0.2, -0.15) is 0 Å². The number of pyridine rings is 1. The summed E-state index contributed by atoms with van der Waals surface area (Å²) in [6, 6.07) is 5.53. The average molecular weight is 415 g/mol. The first kappa shape index (κ1) is 21.2. The van der Waals surface area contributed by atoms with Crippen molar-refractivity contribution < 1.29 is 14.3 Å². The van der Waals surface area contributed by atoms with E-state index < -0.39 is 0 Å². The summed E-state index contributed by atoms with van der Waals surface area (Å²) in [5.41, 5.74) is 4.30. The van der Waals surface area contributed by atoms with Crippen LogP contribution in [0, 0.1) is 6.92 Å². The molecule has 0 atom stereocenters. The Morgan fingerprint density at radius 2 is 1.97 bits per heavy atom. The second-order valence-corrected chi connectivity index (χ2v) is 7.84. The molecule has 0 radical (unpaired) electrons. The number of nitrogens with zero attached hydrogens (tertiary/aromatic N) is 1. The number of hydrogen-bond donors (Lipinski definition) is 1. The molecule has 0 bridgehead atoms. The quantitative estimate of drug-likeness (QED) is 0.732. The van der Waals surface area contributed by atoms with E-state index in [1.807, 2.05) is 20.8 Å². The Morgan fingerprint density at radius 3 is 2.69 bits per heavy atom. The van der Waals surface area contributed by atoms with Crippen molar-refractivity contribution in [1.82, 2.24) is 10.3 Å². The predicted octanol–water partition coefficient (Wildman–Crippen LogP) is 4.81. The van der Waals surface area contributed by atoms with Crippen molar-refractivity contribution in [2.24, 2.45) is 0 Å². The molecule has 0 saturated carbocycles. The number of ether oxygens (including phenoxy) is 2. The minimum atomic E-state index is -0.196. The van der Waals surface area contributed by atoms with Crippen molar-refractivity contribution >= 4 is 17.5 Å². The van der Waals surface area contributed by atoms with Gasteiger partial charge in [0.05, 0.1) is 13.2 Å². The molecule has 1 aromatic carbocycles. The number of carbonyl (C=O) groups is 1. The second-order valence-electron chi connectivity index (χ2n) is 7.40. The molecule has 0 spiro atoms. The summed E-state index contributed by atoms with van der Waals surface area (Å²) in [7, 11) is 1.60.